The minimum atomic E-state index is -0.319. The highest BCUT2D eigenvalue weighted by Gasteiger charge is 2.33. The Hall–Kier alpha value is -0.905. The van der Waals surface area contributed by atoms with Gasteiger partial charge in [-0.3, -0.25) is 4.98 Å². The smallest absolute Gasteiger partial charge is 0.332 e. The molecule has 0 N–H and O–H groups in total. The first-order valence-electron chi connectivity index (χ1n) is 5.41. The summed E-state index contributed by atoms with van der Waals surface area (Å²) in [6.45, 7) is 8.24. The van der Waals surface area contributed by atoms with E-state index in [2.05, 4.69) is 34.1 Å². The van der Waals surface area contributed by atoms with Gasteiger partial charge in [0.25, 0.3) is 0 Å². The van der Waals surface area contributed by atoms with Gasteiger partial charge in [-0.2, -0.15) is 5.26 Å². The van der Waals surface area contributed by atoms with Gasteiger partial charge in [-0.05, 0) is 25.4 Å². The van der Waals surface area contributed by atoms with Crippen LogP contribution in [0, 0.1) is 11.3 Å². The van der Waals surface area contributed by atoms with Gasteiger partial charge in [-0.25, -0.2) is 0 Å². The van der Waals surface area contributed by atoms with E-state index in [9.17, 15) is 0 Å². The minimum absolute atomic E-state index is 0.0518. The van der Waals surface area contributed by atoms with Crippen molar-refractivity contribution in [3.8, 4) is 6.07 Å². The molecule has 0 aromatic carbocycles. The molecule has 1 unspecified atom stereocenters. The largest absolute Gasteiger partial charge is 0.429 e. The van der Waals surface area contributed by atoms with Crippen LogP contribution in [0.15, 0.2) is 18.5 Å². The molecule has 0 saturated heterocycles. The fourth-order valence-electron chi connectivity index (χ4n) is 0.951. The highest BCUT2D eigenvalue weighted by molar-refractivity contribution is 7.19. The Morgan fingerprint density at radius 2 is 2.00 bits per heavy atom. The molecule has 1 radical (unpaired) electrons. The Kier molecular flexibility index (Phi) is 4.30. The molecule has 1 rings (SSSR count). The molecular formula is C12H17BN2OP. The summed E-state index contributed by atoms with van der Waals surface area (Å²) >= 11 is 0. The fraction of sp³-hybridized carbons (Fsp3) is 0.500. The van der Waals surface area contributed by atoms with Crippen molar-refractivity contribution in [2.24, 2.45) is 0 Å². The second-order valence-corrected chi connectivity index (χ2v) is 6.53. The van der Waals surface area contributed by atoms with Gasteiger partial charge in [0.15, 0.2) is 0 Å². The van der Waals surface area contributed by atoms with Crippen molar-refractivity contribution in [2.75, 3.05) is 0 Å². The van der Waals surface area contributed by atoms with Crippen LogP contribution >= 0.6 is 9.24 Å². The zero-order valence-corrected chi connectivity index (χ0v) is 11.8. The van der Waals surface area contributed by atoms with Crippen molar-refractivity contribution < 1.29 is 4.65 Å². The van der Waals surface area contributed by atoms with Gasteiger partial charge >= 0.3 is 7.48 Å². The van der Waals surface area contributed by atoms with E-state index in [0.29, 0.717) is 5.56 Å². The third kappa shape index (κ3) is 3.80. The van der Waals surface area contributed by atoms with E-state index in [4.69, 9.17) is 9.92 Å². The van der Waals surface area contributed by atoms with Crippen molar-refractivity contribution in [2.45, 2.75) is 38.5 Å². The maximum atomic E-state index is 8.77. The minimum Gasteiger partial charge on any atom is -0.429 e. The lowest BCUT2D eigenvalue weighted by Gasteiger charge is -2.38. The van der Waals surface area contributed by atoms with Crippen molar-refractivity contribution in [1.29, 1.82) is 5.26 Å². The van der Waals surface area contributed by atoms with Crippen LogP contribution in [0.2, 0.25) is 0 Å². The zero-order valence-electron chi connectivity index (χ0n) is 10.7. The summed E-state index contributed by atoms with van der Waals surface area (Å²) in [6.07, 6.45) is 3.20. The predicted octanol–water partition coefficient (Wildman–Crippen LogP) is 1.65. The molecule has 0 spiro atoms. The second-order valence-electron chi connectivity index (χ2n) is 5.09. The number of pyridine rings is 1. The Balaban J connectivity index is 2.71. The summed E-state index contributed by atoms with van der Waals surface area (Å²) in [6, 6.07) is 3.80. The molecule has 0 amide bonds. The van der Waals surface area contributed by atoms with E-state index in [-0.39, 0.29) is 10.8 Å². The highest BCUT2D eigenvalue weighted by atomic mass is 31.0. The second kappa shape index (κ2) is 5.17. The van der Waals surface area contributed by atoms with Crippen LogP contribution in [0.5, 0.6) is 0 Å². The Bertz CT molecular complexity index is 435. The molecule has 0 bridgehead atoms. The summed E-state index contributed by atoms with van der Waals surface area (Å²) in [5.74, 6) is 0. The number of rotatable bonds is 4. The number of nitriles is 1. The molecule has 1 aromatic rings. The first-order chi connectivity index (χ1) is 7.76. The van der Waals surface area contributed by atoms with Gasteiger partial charge in [0, 0.05) is 17.5 Å². The summed E-state index contributed by atoms with van der Waals surface area (Å²) < 4.78 is 5.78. The quantitative estimate of drug-likeness (QED) is 0.600. The lowest BCUT2D eigenvalue weighted by atomic mass is 9.84. The average molecular weight is 247 g/mol. The molecule has 5 heteroatoms. The topological polar surface area (TPSA) is 45.9 Å². The molecule has 0 saturated carbocycles. The van der Waals surface area contributed by atoms with Gasteiger partial charge in [-0.1, -0.05) is 13.8 Å². The van der Waals surface area contributed by atoms with Gasteiger partial charge in [-0.15, -0.1) is 9.24 Å². The van der Waals surface area contributed by atoms with Crippen molar-refractivity contribution in [3.05, 3.63) is 24.0 Å². The van der Waals surface area contributed by atoms with Gasteiger partial charge in [0.1, 0.15) is 6.07 Å². The molecule has 3 nitrogen and oxygen atoms in total. The van der Waals surface area contributed by atoms with E-state index >= 15 is 0 Å². The zero-order chi connectivity index (χ0) is 13.1. The van der Waals surface area contributed by atoms with E-state index in [1.54, 1.807) is 19.7 Å². The lowest BCUT2D eigenvalue weighted by molar-refractivity contribution is 0.0841. The molecule has 0 aliphatic rings. The monoisotopic (exact) mass is 247 g/mol. The molecule has 1 atom stereocenters. The molecule has 1 aromatic heterocycles. The van der Waals surface area contributed by atoms with Crippen LogP contribution in [0.25, 0.3) is 0 Å². The predicted molar refractivity (Wildman–Crippen MR) is 73.3 cm³/mol. The molecule has 0 fully saturated rings. The fourth-order valence-corrected chi connectivity index (χ4v) is 1.02. The molecule has 0 aliphatic carbocycles. The van der Waals surface area contributed by atoms with Crippen LogP contribution in [-0.2, 0) is 4.65 Å². The van der Waals surface area contributed by atoms with Crippen LogP contribution in [0.1, 0.15) is 33.3 Å². The number of hydrogen-bond acceptors (Lipinski definition) is 3. The maximum absolute atomic E-state index is 8.77. The number of hydrogen-bond donors (Lipinski definition) is 0. The van der Waals surface area contributed by atoms with Gasteiger partial charge in [0.2, 0.25) is 0 Å². The summed E-state index contributed by atoms with van der Waals surface area (Å²) in [5, 5.41) is 8.72. The van der Waals surface area contributed by atoms with E-state index < -0.39 is 0 Å². The number of aromatic nitrogens is 1. The van der Waals surface area contributed by atoms with Crippen molar-refractivity contribution in [1.82, 2.24) is 4.98 Å². The van der Waals surface area contributed by atoms with Gasteiger partial charge in [0.05, 0.1) is 11.2 Å². The first-order valence-corrected chi connectivity index (χ1v) is 5.99. The third-order valence-corrected chi connectivity index (χ3v) is 3.63. The van der Waals surface area contributed by atoms with Crippen molar-refractivity contribution in [3.63, 3.8) is 0 Å². The SMILES string of the molecule is CC(C)(P)C(C)(C)O[B]c1cncc(C#N)c1. The molecular weight excluding hydrogens is 230 g/mol. The van der Waals surface area contributed by atoms with Crippen LogP contribution in [0.3, 0.4) is 0 Å². The summed E-state index contributed by atoms with van der Waals surface area (Å²) in [4.78, 5) is 3.98. The standard InChI is InChI=1S/C12H17BN2OP/c1-11(2,12(3,4)17)16-13-10-5-9(6-14)7-15-8-10/h5,7-8H,17H2,1-4H3. The van der Waals surface area contributed by atoms with E-state index in [1.165, 1.54) is 6.20 Å². The molecule has 0 aliphatic heterocycles. The molecule has 89 valence electrons. The van der Waals surface area contributed by atoms with E-state index in [1.807, 2.05) is 13.8 Å². The van der Waals surface area contributed by atoms with Gasteiger partial charge < -0.3 is 4.65 Å². The number of nitrogens with zero attached hydrogens (tertiary/aromatic N) is 2. The molecule has 1 heterocycles. The maximum Gasteiger partial charge on any atom is 0.332 e. The average Bonchev–Trinajstić information content (AvgIpc) is 2.25. The van der Waals surface area contributed by atoms with Crippen LogP contribution in [0.4, 0.5) is 0 Å². The van der Waals surface area contributed by atoms with Crippen LogP contribution < -0.4 is 5.46 Å². The third-order valence-electron chi connectivity index (χ3n) is 2.93. The van der Waals surface area contributed by atoms with Crippen LogP contribution in [-0.4, -0.2) is 23.2 Å². The Labute approximate surface area is 106 Å². The summed E-state index contributed by atoms with van der Waals surface area (Å²) in [7, 11) is 4.43. The Morgan fingerprint density at radius 1 is 1.35 bits per heavy atom. The Morgan fingerprint density at radius 3 is 2.53 bits per heavy atom. The highest BCUT2D eigenvalue weighted by Crippen LogP contribution is 2.32. The van der Waals surface area contributed by atoms with E-state index in [0.717, 1.165) is 5.46 Å². The summed E-state index contributed by atoms with van der Waals surface area (Å²) in [5.41, 5.74) is 1.01. The normalized spacial score (nSPS) is 12.0. The molecule has 17 heavy (non-hydrogen) atoms. The first kappa shape index (κ1) is 14.2. The lowest BCUT2D eigenvalue weighted by Crippen LogP contribution is -2.45. The van der Waals surface area contributed by atoms with Crippen molar-refractivity contribution >= 4 is 22.2 Å².